The van der Waals surface area contributed by atoms with E-state index in [0.29, 0.717) is 23.3 Å². The van der Waals surface area contributed by atoms with Gasteiger partial charge in [-0.3, -0.25) is 13.9 Å². The van der Waals surface area contributed by atoms with Crippen molar-refractivity contribution in [3.05, 3.63) is 71.2 Å². The van der Waals surface area contributed by atoms with E-state index in [4.69, 9.17) is 21.1 Å². The number of azo groups is 1. The summed E-state index contributed by atoms with van der Waals surface area (Å²) in [6.45, 7) is 0. The smallest absolute Gasteiger partial charge is 0.296 e. The van der Waals surface area contributed by atoms with Crippen LogP contribution in [0.15, 0.2) is 80.7 Å². The summed E-state index contributed by atoms with van der Waals surface area (Å²) in [4.78, 5) is 11.7. The lowest BCUT2D eigenvalue weighted by Crippen LogP contribution is -2.13. The largest absolute Gasteiger partial charge is 0.505 e. The van der Waals surface area contributed by atoms with E-state index in [2.05, 4.69) is 15.5 Å². The highest BCUT2D eigenvalue weighted by molar-refractivity contribution is 7.86. The van der Waals surface area contributed by atoms with E-state index in [9.17, 15) is 35.8 Å². The second-order valence-electron chi connectivity index (χ2n) is 8.26. The Labute approximate surface area is 238 Å². The quantitative estimate of drug-likeness (QED) is 0.146. The number of hydrogen-bond donors (Lipinski definition) is 4. The number of halogens is 1. The minimum Gasteiger partial charge on any atom is -0.505 e. The average molecular weight is 622 g/mol. The van der Waals surface area contributed by atoms with Gasteiger partial charge in [0.1, 0.15) is 27.8 Å². The first-order chi connectivity index (χ1) is 19.2. The van der Waals surface area contributed by atoms with Crippen LogP contribution in [0.5, 0.6) is 17.2 Å². The molecular weight excluding hydrogens is 602 g/mol. The van der Waals surface area contributed by atoms with Crippen LogP contribution < -0.4 is 14.8 Å². The predicted molar refractivity (Wildman–Crippen MR) is 148 cm³/mol. The monoisotopic (exact) mass is 621 g/mol. The minimum atomic E-state index is -4.91. The number of ether oxygens (including phenoxy) is 2. The van der Waals surface area contributed by atoms with Gasteiger partial charge in [-0.05, 0) is 35.7 Å². The van der Waals surface area contributed by atoms with Gasteiger partial charge in [-0.25, -0.2) is 0 Å². The molecule has 4 aromatic carbocycles. The number of carbonyl (C=O) groups excluding carboxylic acids is 1. The number of rotatable bonds is 8. The van der Waals surface area contributed by atoms with Gasteiger partial charge in [0.15, 0.2) is 5.75 Å². The van der Waals surface area contributed by atoms with Crippen molar-refractivity contribution in [3.8, 4) is 17.2 Å². The van der Waals surface area contributed by atoms with E-state index >= 15 is 0 Å². The normalized spacial score (nSPS) is 12.0. The number of anilines is 1. The van der Waals surface area contributed by atoms with Gasteiger partial charge < -0.3 is 19.9 Å². The van der Waals surface area contributed by atoms with Crippen LogP contribution in [-0.4, -0.2) is 51.2 Å². The number of carbonyl (C=O) groups is 1. The van der Waals surface area contributed by atoms with Gasteiger partial charge in [0, 0.05) is 11.5 Å². The Balaban J connectivity index is 1.86. The Kier molecular flexibility index (Phi) is 8.19. The Morgan fingerprint density at radius 3 is 2.20 bits per heavy atom. The molecule has 0 saturated carbocycles. The third-order valence-corrected chi connectivity index (χ3v) is 7.77. The van der Waals surface area contributed by atoms with Gasteiger partial charge in [-0.15, -0.1) is 10.2 Å². The number of benzene rings is 4. The molecule has 0 unspecified atom stereocenters. The highest BCUT2D eigenvalue weighted by Gasteiger charge is 2.23. The number of phenolic OH excluding ortho intramolecular Hbond substituents is 1. The molecular formula is C25H20ClN3O10S2. The van der Waals surface area contributed by atoms with E-state index in [0.717, 1.165) is 6.07 Å². The number of fused-ring (bicyclic) bond motifs is 1. The zero-order chi connectivity index (χ0) is 30.1. The number of phenols is 1. The first-order valence-corrected chi connectivity index (χ1v) is 14.5. The Hall–Kier alpha value is -4.28. The Morgan fingerprint density at radius 2 is 1.56 bits per heavy atom. The molecule has 41 heavy (non-hydrogen) atoms. The van der Waals surface area contributed by atoms with Crippen LogP contribution in [0.1, 0.15) is 10.4 Å². The summed E-state index contributed by atoms with van der Waals surface area (Å²) in [5.74, 6) is -0.976. The van der Waals surface area contributed by atoms with Crippen LogP contribution in [0.25, 0.3) is 10.8 Å². The molecule has 1 amide bonds. The fourth-order valence-electron chi connectivity index (χ4n) is 3.80. The van der Waals surface area contributed by atoms with Gasteiger partial charge in [-0.2, -0.15) is 16.8 Å². The van der Waals surface area contributed by atoms with Crippen LogP contribution >= 0.6 is 11.6 Å². The summed E-state index contributed by atoms with van der Waals surface area (Å²) in [5, 5.41) is 22.2. The van der Waals surface area contributed by atoms with Gasteiger partial charge in [0.05, 0.1) is 35.4 Å². The molecule has 13 nitrogen and oxygen atoms in total. The number of methoxy groups -OCH3 is 2. The van der Waals surface area contributed by atoms with Crippen molar-refractivity contribution < 1.29 is 45.3 Å². The molecule has 0 saturated heterocycles. The van der Waals surface area contributed by atoms with E-state index in [1.165, 1.54) is 38.5 Å². The first kappa shape index (κ1) is 29.7. The standard InChI is InChI=1S/C25H20ClN3O10S2/c1-38-20-12-21(39-2)18(11-17(20)26)27-25(31)16-9-13-5-3-4-6-15(13)23(24(16)30)29-28-19-10-14(40(32,33)34)7-8-22(19)41(35,36)37/h3-12,30H,1-2H3,(H,27,31)(H,32,33,34)(H,35,36,37). The third kappa shape index (κ3) is 6.23. The molecule has 0 atom stereocenters. The summed E-state index contributed by atoms with van der Waals surface area (Å²) in [7, 11) is -6.93. The molecule has 4 N–H and O–H groups in total. The van der Waals surface area contributed by atoms with Crippen LogP contribution in [0.2, 0.25) is 5.02 Å². The molecule has 0 spiro atoms. The van der Waals surface area contributed by atoms with Crippen LogP contribution in [0, 0.1) is 0 Å². The number of amides is 1. The first-order valence-electron chi connectivity index (χ1n) is 11.2. The molecule has 16 heteroatoms. The van der Waals surface area contributed by atoms with Gasteiger partial charge in [0.2, 0.25) is 0 Å². The second-order valence-corrected chi connectivity index (χ2v) is 11.5. The van der Waals surface area contributed by atoms with E-state index in [-0.39, 0.29) is 33.1 Å². The zero-order valence-corrected chi connectivity index (χ0v) is 23.5. The molecule has 0 aliphatic rings. The average Bonchev–Trinajstić information content (AvgIpc) is 2.91. The van der Waals surface area contributed by atoms with Crippen molar-refractivity contribution in [2.75, 3.05) is 19.5 Å². The molecule has 0 aromatic heterocycles. The number of nitrogens with one attached hydrogen (secondary N) is 1. The van der Waals surface area contributed by atoms with Gasteiger partial charge >= 0.3 is 0 Å². The topological polar surface area (TPSA) is 201 Å². The van der Waals surface area contributed by atoms with Crippen molar-refractivity contribution in [3.63, 3.8) is 0 Å². The van der Waals surface area contributed by atoms with Crippen molar-refractivity contribution in [1.29, 1.82) is 0 Å². The zero-order valence-electron chi connectivity index (χ0n) is 21.1. The predicted octanol–water partition coefficient (Wildman–Crippen LogP) is 5.38. The van der Waals surface area contributed by atoms with Gasteiger partial charge in [0.25, 0.3) is 26.1 Å². The van der Waals surface area contributed by atoms with Crippen molar-refractivity contribution in [2.45, 2.75) is 9.79 Å². The van der Waals surface area contributed by atoms with Crippen molar-refractivity contribution in [2.24, 2.45) is 10.2 Å². The second kappa shape index (κ2) is 11.3. The van der Waals surface area contributed by atoms with Crippen LogP contribution in [0.4, 0.5) is 17.1 Å². The van der Waals surface area contributed by atoms with E-state index < -0.39 is 47.4 Å². The summed E-state index contributed by atoms with van der Waals surface area (Å²) >= 11 is 6.18. The fraction of sp³-hybridized carbons (Fsp3) is 0.0800. The maximum absolute atomic E-state index is 13.3. The summed E-state index contributed by atoms with van der Waals surface area (Å²) in [5.41, 5.74) is -1.07. The SMILES string of the molecule is COc1cc(OC)c(NC(=O)c2cc3ccccc3c(N=Nc3cc(S(=O)(=O)O)ccc3S(=O)(=O)O)c2O)cc1Cl. The summed E-state index contributed by atoms with van der Waals surface area (Å²) < 4.78 is 76.2. The minimum absolute atomic E-state index is 0.152. The molecule has 0 fully saturated rings. The molecule has 0 aliphatic carbocycles. The molecule has 4 rings (SSSR count). The fourth-order valence-corrected chi connectivity index (χ4v) is 5.14. The molecule has 0 radical (unpaired) electrons. The Morgan fingerprint density at radius 1 is 0.878 bits per heavy atom. The number of hydrogen-bond acceptors (Lipinski definition) is 10. The van der Waals surface area contributed by atoms with Crippen molar-refractivity contribution in [1.82, 2.24) is 0 Å². The Bertz CT molecular complexity index is 1950. The van der Waals surface area contributed by atoms with Gasteiger partial charge in [-0.1, -0.05) is 35.9 Å². The lowest BCUT2D eigenvalue weighted by molar-refractivity contribution is 0.102. The lowest BCUT2D eigenvalue weighted by atomic mass is 10.0. The molecule has 0 heterocycles. The molecule has 214 valence electrons. The highest BCUT2D eigenvalue weighted by atomic mass is 35.5. The summed E-state index contributed by atoms with van der Waals surface area (Å²) in [6, 6.07) is 12.7. The summed E-state index contributed by atoms with van der Waals surface area (Å²) in [6.07, 6.45) is 0. The highest BCUT2D eigenvalue weighted by Crippen LogP contribution is 2.41. The number of aromatic hydroxyl groups is 1. The van der Waals surface area contributed by atoms with Crippen molar-refractivity contribution >= 4 is 65.6 Å². The molecule has 0 bridgehead atoms. The third-order valence-electron chi connectivity index (χ3n) is 5.73. The maximum Gasteiger partial charge on any atom is 0.296 e. The van der Waals surface area contributed by atoms with E-state index in [1.54, 1.807) is 18.2 Å². The van der Waals surface area contributed by atoms with Crippen LogP contribution in [0.3, 0.4) is 0 Å². The van der Waals surface area contributed by atoms with E-state index in [1.807, 2.05) is 0 Å². The molecule has 4 aromatic rings. The van der Waals surface area contributed by atoms with Crippen LogP contribution in [-0.2, 0) is 20.2 Å². The lowest BCUT2D eigenvalue weighted by Gasteiger charge is -2.14. The molecule has 0 aliphatic heterocycles. The number of nitrogens with zero attached hydrogens (tertiary/aromatic N) is 2. The maximum atomic E-state index is 13.3.